The molecule has 1 saturated carbocycles. The highest BCUT2D eigenvalue weighted by Gasteiger charge is 2.35. The molecule has 23 heavy (non-hydrogen) atoms. The lowest BCUT2D eigenvalue weighted by atomic mass is 9.82. The Morgan fingerprint density at radius 2 is 1.78 bits per heavy atom. The molecule has 1 fully saturated rings. The first kappa shape index (κ1) is 17.9. The van der Waals surface area contributed by atoms with Crippen LogP contribution in [-0.2, 0) is 21.4 Å². The van der Waals surface area contributed by atoms with Crippen molar-refractivity contribution in [2.45, 2.75) is 44.2 Å². The summed E-state index contributed by atoms with van der Waals surface area (Å²) in [4.78, 5) is 12.1. The molecule has 7 heteroatoms. The van der Waals surface area contributed by atoms with Gasteiger partial charge in [0.25, 0.3) is 0 Å². The van der Waals surface area contributed by atoms with Crippen molar-refractivity contribution < 1.29 is 13.2 Å². The Balaban J connectivity index is 1.75. The maximum absolute atomic E-state index is 12.1. The highest BCUT2D eigenvalue weighted by atomic mass is 32.2. The van der Waals surface area contributed by atoms with E-state index in [-0.39, 0.29) is 24.7 Å². The molecule has 0 spiro atoms. The van der Waals surface area contributed by atoms with Crippen LogP contribution in [-0.4, -0.2) is 32.2 Å². The van der Waals surface area contributed by atoms with Crippen molar-refractivity contribution in [1.29, 1.82) is 0 Å². The van der Waals surface area contributed by atoms with Crippen molar-refractivity contribution in [3.05, 3.63) is 35.9 Å². The zero-order chi connectivity index (χ0) is 16.8. The van der Waals surface area contributed by atoms with Crippen LogP contribution in [0.4, 0.5) is 0 Å². The summed E-state index contributed by atoms with van der Waals surface area (Å²) in [5.74, 6) is -0.391. The van der Waals surface area contributed by atoms with E-state index in [0.717, 1.165) is 24.8 Å². The van der Waals surface area contributed by atoms with Crippen molar-refractivity contribution >= 4 is 15.9 Å². The van der Waals surface area contributed by atoms with Crippen molar-refractivity contribution in [1.82, 2.24) is 10.0 Å². The Bertz CT molecular complexity index is 611. The average Bonchev–Trinajstić information content (AvgIpc) is 2.54. The number of hydrogen-bond donors (Lipinski definition) is 3. The Kier molecular flexibility index (Phi) is 6.15. The van der Waals surface area contributed by atoms with E-state index < -0.39 is 15.6 Å². The number of benzene rings is 1. The van der Waals surface area contributed by atoms with Gasteiger partial charge in [0, 0.05) is 13.1 Å². The van der Waals surface area contributed by atoms with Crippen molar-refractivity contribution in [2.24, 2.45) is 5.73 Å². The van der Waals surface area contributed by atoms with Gasteiger partial charge < -0.3 is 11.1 Å². The molecule has 1 aromatic carbocycles. The number of carbonyl (C=O) groups excluding carboxylic acids is 1. The summed E-state index contributed by atoms with van der Waals surface area (Å²) >= 11 is 0. The first-order valence-electron chi connectivity index (χ1n) is 8.00. The Morgan fingerprint density at radius 1 is 1.13 bits per heavy atom. The van der Waals surface area contributed by atoms with Gasteiger partial charge in [-0.15, -0.1) is 0 Å². The molecule has 0 aliphatic heterocycles. The molecule has 2 rings (SSSR count). The Hall–Kier alpha value is -1.44. The summed E-state index contributed by atoms with van der Waals surface area (Å²) in [5, 5.41) is 2.66. The van der Waals surface area contributed by atoms with Gasteiger partial charge in [-0.2, -0.15) is 0 Å². The molecule has 0 aromatic heterocycles. The normalized spacial score (nSPS) is 17.6. The fourth-order valence-corrected chi connectivity index (χ4v) is 3.65. The van der Waals surface area contributed by atoms with Crippen LogP contribution in [0.1, 0.15) is 37.7 Å². The summed E-state index contributed by atoms with van der Waals surface area (Å²) in [5.41, 5.74) is 6.17. The zero-order valence-corrected chi connectivity index (χ0v) is 14.1. The molecule has 0 unspecified atom stereocenters. The van der Waals surface area contributed by atoms with Gasteiger partial charge in [0.2, 0.25) is 15.9 Å². The average molecular weight is 339 g/mol. The predicted molar refractivity (Wildman–Crippen MR) is 90.1 cm³/mol. The minimum Gasteiger partial charge on any atom is -0.353 e. The first-order valence-corrected chi connectivity index (χ1v) is 9.65. The van der Waals surface area contributed by atoms with E-state index in [1.165, 1.54) is 0 Å². The number of nitrogens with two attached hydrogens (primary N) is 1. The van der Waals surface area contributed by atoms with Gasteiger partial charge >= 0.3 is 0 Å². The van der Waals surface area contributed by atoms with Gasteiger partial charge in [0.05, 0.1) is 11.3 Å². The van der Waals surface area contributed by atoms with Gasteiger partial charge in [0.1, 0.15) is 0 Å². The van der Waals surface area contributed by atoms with E-state index in [0.29, 0.717) is 12.8 Å². The van der Waals surface area contributed by atoms with Gasteiger partial charge in [-0.05, 0) is 18.4 Å². The standard InChI is InChI=1S/C16H25N3O3S/c17-16(9-5-2-6-10-16)15(20)18-11-12-23(21,22)19-13-14-7-3-1-4-8-14/h1,3-4,7-8,19H,2,5-6,9-13,17H2,(H,18,20). The lowest BCUT2D eigenvalue weighted by Gasteiger charge is -2.31. The van der Waals surface area contributed by atoms with E-state index in [1.807, 2.05) is 30.3 Å². The number of rotatable bonds is 7. The second kappa shape index (κ2) is 7.90. The summed E-state index contributed by atoms with van der Waals surface area (Å²) in [6.07, 6.45) is 4.32. The van der Waals surface area contributed by atoms with Gasteiger partial charge in [-0.25, -0.2) is 13.1 Å². The van der Waals surface area contributed by atoms with Crippen LogP contribution in [0.5, 0.6) is 0 Å². The molecule has 1 amide bonds. The van der Waals surface area contributed by atoms with Crippen molar-refractivity contribution in [3.8, 4) is 0 Å². The number of nitrogens with one attached hydrogen (secondary N) is 2. The van der Waals surface area contributed by atoms with Crippen LogP contribution < -0.4 is 15.8 Å². The molecule has 0 radical (unpaired) electrons. The number of carbonyl (C=O) groups is 1. The smallest absolute Gasteiger partial charge is 0.240 e. The maximum Gasteiger partial charge on any atom is 0.240 e. The predicted octanol–water partition coefficient (Wildman–Crippen LogP) is 0.884. The minimum absolute atomic E-state index is 0.0713. The first-order chi connectivity index (χ1) is 10.9. The molecule has 1 aliphatic rings. The summed E-state index contributed by atoms with van der Waals surface area (Å²) in [6, 6.07) is 9.29. The van der Waals surface area contributed by atoms with E-state index in [2.05, 4.69) is 10.0 Å². The van der Waals surface area contributed by atoms with Gasteiger partial charge in [0.15, 0.2) is 0 Å². The lowest BCUT2D eigenvalue weighted by Crippen LogP contribution is -2.55. The molecule has 0 bridgehead atoms. The number of sulfonamides is 1. The largest absolute Gasteiger partial charge is 0.353 e. The molecule has 1 aromatic rings. The highest BCUT2D eigenvalue weighted by Crippen LogP contribution is 2.25. The zero-order valence-electron chi connectivity index (χ0n) is 13.3. The van der Waals surface area contributed by atoms with Crippen LogP contribution in [0.25, 0.3) is 0 Å². The van der Waals surface area contributed by atoms with Gasteiger partial charge in [-0.3, -0.25) is 4.79 Å². The molecule has 1 aliphatic carbocycles. The van der Waals surface area contributed by atoms with E-state index in [1.54, 1.807) is 0 Å². The summed E-state index contributed by atoms with van der Waals surface area (Å²) in [6.45, 7) is 0.319. The van der Waals surface area contributed by atoms with Crippen LogP contribution in [0, 0.1) is 0 Å². The Labute approximate surface area is 137 Å². The van der Waals surface area contributed by atoms with Crippen LogP contribution in [0.15, 0.2) is 30.3 Å². The quantitative estimate of drug-likeness (QED) is 0.686. The van der Waals surface area contributed by atoms with Crippen molar-refractivity contribution in [3.63, 3.8) is 0 Å². The molecular formula is C16H25N3O3S. The SMILES string of the molecule is NC1(C(=O)NCCS(=O)(=O)NCc2ccccc2)CCCCC1. The third kappa shape index (κ3) is 5.60. The third-order valence-corrected chi connectivity index (χ3v) is 5.52. The van der Waals surface area contributed by atoms with E-state index in [4.69, 9.17) is 5.73 Å². The molecule has 0 atom stereocenters. The highest BCUT2D eigenvalue weighted by molar-refractivity contribution is 7.89. The fraction of sp³-hybridized carbons (Fsp3) is 0.562. The topological polar surface area (TPSA) is 101 Å². The number of hydrogen-bond acceptors (Lipinski definition) is 4. The molecule has 0 heterocycles. The summed E-state index contributed by atoms with van der Waals surface area (Å²) in [7, 11) is -3.43. The number of amides is 1. The fourth-order valence-electron chi connectivity index (χ4n) is 2.75. The van der Waals surface area contributed by atoms with Crippen LogP contribution in [0.3, 0.4) is 0 Å². The maximum atomic E-state index is 12.1. The van der Waals surface area contributed by atoms with Crippen LogP contribution >= 0.6 is 0 Å². The van der Waals surface area contributed by atoms with E-state index in [9.17, 15) is 13.2 Å². The van der Waals surface area contributed by atoms with Crippen LogP contribution in [0.2, 0.25) is 0 Å². The molecule has 6 nitrogen and oxygen atoms in total. The second-order valence-electron chi connectivity index (χ2n) is 6.10. The lowest BCUT2D eigenvalue weighted by molar-refractivity contribution is -0.127. The molecule has 0 saturated heterocycles. The minimum atomic E-state index is -3.43. The molecule has 4 N–H and O–H groups in total. The molecular weight excluding hydrogens is 314 g/mol. The van der Waals surface area contributed by atoms with E-state index >= 15 is 0 Å². The summed E-state index contributed by atoms with van der Waals surface area (Å²) < 4.78 is 26.4. The van der Waals surface area contributed by atoms with Gasteiger partial charge in [-0.1, -0.05) is 49.6 Å². The second-order valence-corrected chi connectivity index (χ2v) is 8.02. The Morgan fingerprint density at radius 3 is 2.43 bits per heavy atom. The molecule has 128 valence electrons. The monoisotopic (exact) mass is 339 g/mol. The third-order valence-electron chi connectivity index (χ3n) is 4.19. The van der Waals surface area contributed by atoms with Crippen molar-refractivity contribution in [2.75, 3.05) is 12.3 Å².